The van der Waals surface area contributed by atoms with Gasteiger partial charge in [-0.2, -0.15) is 0 Å². The molecule has 0 bridgehead atoms. The van der Waals surface area contributed by atoms with Gasteiger partial charge in [0.1, 0.15) is 0 Å². The minimum absolute atomic E-state index is 0.0854. The number of carbonyl (C=O) groups excluding carboxylic acids is 1. The number of urea groups is 1. The first kappa shape index (κ1) is 16.2. The molecule has 1 aromatic heterocycles. The zero-order valence-electron chi connectivity index (χ0n) is 12.7. The Bertz CT molecular complexity index is 870. The van der Waals surface area contributed by atoms with Gasteiger partial charge in [-0.3, -0.25) is 0 Å². The lowest BCUT2D eigenvalue weighted by Gasteiger charge is -2.14. The van der Waals surface area contributed by atoms with Crippen LogP contribution in [0.4, 0.5) is 10.5 Å². The average Bonchev–Trinajstić information content (AvgIpc) is 2.61. The summed E-state index contributed by atoms with van der Waals surface area (Å²) in [7, 11) is 0. The van der Waals surface area contributed by atoms with Crippen LogP contribution in [-0.4, -0.2) is 22.7 Å². The molecule has 2 aromatic carbocycles. The number of aliphatic hydroxyl groups excluding tert-OH is 1. The molecular weight excluding hydrogens is 326 g/mol. The number of rotatable bonds is 4. The summed E-state index contributed by atoms with van der Waals surface area (Å²) in [4.78, 5) is 15.8. The second-order valence-electron chi connectivity index (χ2n) is 5.30. The highest BCUT2D eigenvalue weighted by Crippen LogP contribution is 2.20. The van der Waals surface area contributed by atoms with Gasteiger partial charge >= 0.3 is 6.03 Å². The van der Waals surface area contributed by atoms with Gasteiger partial charge in [0, 0.05) is 12.7 Å². The summed E-state index contributed by atoms with van der Waals surface area (Å²) < 4.78 is 0. The van der Waals surface area contributed by atoms with E-state index in [9.17, 15) is 9.90 Å². The van der Waals surface area contributed by atoms with Crippen molar-refractivity contribution in [3.63, 3.8) is 0 Å². The monoisotopic (exact) mass is 341 g/mol. The smallest absolute Gasteiger partial charge is 0.319 e. The number of anilines is 1. The second kappa shape index (κ2) is 7.29. The number of hydrogen-bond donors (Lipinski definition) is 3. The summed E-state index contributed by atoms with van der Waals surface area (Å²) in [5.41, 5.74) is 1.16. The van der Waals surface area contributed by atoms with Crippen LogP contribution in [0.2, 0.25) is 5.15 Å². The molecule has 1 unspecified atom stereocenters. The van der Waals surface area contributed by atoms with E-state index in [0.717, 1.165) is 16.3 Å². The lowest BCUT2D eigenvalue weighted by molar-refractivity contribution is 0.175. The number of nitrogens with zero attached hydrogens (tertiary/aromatic N) is 1. The number of carbonyl (C=O) groups is 1. The van der Waals surface area contributed by atoms with Crippen LogP contribution in [0.1, 0.15) is 11.7 Å². The van der Waals surface area contributed by atoms with Crippen molar-refractivity contribution in [3.8, 4) is 0 Å². The minimum atomic E-state index is -0.801. The van der Waals surface area contributed by atoms with Crippen molar-refractivity contribution >= 4 is 34.1 Å². The van der Waals surface area contributed by atoms with Crippen molar-refractivity contribution in [1.29, 1.82) is 0 Å². The van der Waals surface area contributed by atoms with Gasteiger partial charge in [0.15, 0.2) is 5.15 Å². The summed E-state index contributed by atoms with van der Waals surface area (Å²) >= 11 is 5.88. The van der Waals surface area contributed by atoms with E-state index in [2.05, 4.69) is 15.6 Å². The highest BCUT2D eigenvalue weighted by Gasteiger charge is 2.11. The first-order valence-electron chi connectivity index (χ1n) is 7.45. The standard InChI is InChI=1S/C18H16ClN3O2/c19-17-15(6-3-9-20-17)22-18(24)21-11-16(23)14-8-7-12-4-1-2-5-13(12)10-14/h1-10,16,23H,11H2,(H2,21,22,24). The van der Waals surface area contributed by atoms with E-state index < -0.39 is 12.1 Å². The van der Waals surface area contributed by atoms with Gasteiger partial charge < -0.3 is 15.7 Å². The quantitative estimate of drug-likeness (QED) is 0.633. The lowest BCUT2D eigenvalue weighted by atomic mass is 10.0. The van der Waals surface area contributed by atoms with Crippen molar-refractivity contribution in [2.75, 3.05) is 11.9 Å². The van der Waals surface area contributed by atoms with Crippen LogP contribution in [0.25, 0.3) is 10.8 Å². The number of nitrogens with one attached hydrogen (secondary N) is 2. The Morgan fingerprint density at radius 2 is 1.92 bits per heavy atom. The van der Waals surface area contributed by atoms with E-state index in [0.29, 0.717) is 5.69 Å². The van der Waals surface area contributed by atoms with E-state index in [1.54, 1.807) is 12.1 Å². The van der Waals surface area contributed by atoms with Crippen molar-refractivity contribution in [3.05, 3.63) is 71.5 Å². The van der Waals surface area contributed by atoms with Gasteiger partial charge in [0.25, 0.3) is 0 Å². The number of fused-ring (bicyclic) bond motifs is 1. The van der Waals surface area contributed by atoms with Crippen LogP contribution >= 0.6 is 11.6 Å². The fourth-order valence-corrected chi connectivity index (χ4v) is 2.53. The molecule has 3 aromatic rings. The van der Waals surface area contributed by atoms with Gasteiger partial charge in [-0.1, -0.05) is 48.0 Å². The largest absolute Gasteiger partial charge is 0.387 e. The minimum Gasteiger partial charge on any atom is -0.387 e. The third-order valence-electron chi connectivity index (χ3n) is 3.62. The van der Waals surface area contributed by atoms with Gasteiger partial charge in [0.05, 0.1) is 11.8 Å². The molecule has 3 N–H and O–H groups in total. The van der Waals surface area contributed by atoms with Crippen LogP contribution < -0.4 is 10.6 Å². The highest BCUT2D eigenvalue weighted by atomic mass is 35.5. The number of benzene rings is 2. The molecule has 0 aliphatic heterocycles. The predicted octanol–water partition coefficient (Wildman–Crippen LogP) is 3.74. The van der Waals surface area contributed by atoms with Gasteiger partial charge in [-0.25, -0.2) is 9.78 Å². The van der Waals surface area contributed by atoms with Crippen LogP contribution in [0.5, 0.6) is 0 Å². The van der Waals surface area contributed by atoms with Crippen molar-refractivity contribution in [2.45, 2.75) is 6.10 Å². The fraction of sp³-hybridized carbons (Fsp3) is 0.111. The zero-order chi connectivity index (χ0) is 16.9. The topological polar surface area (TPSA) is 74.2 Å². The highest BCUT2D eigenvalue weighted by molar-refractivity contribution is 6.32. The van der Waals surface area contributed by atoms with E-state index in [1.807, 2.05) is 42.5 Å². The van der Waals surface area contributed by atoms with Crippen molar-refractivity contribution < 1.29 is 9.90 Å². The number of amides is 2. The number of hydrogen-bond acceptors (Lipinski definition) is 3. The molecule has 0 aliphatic carbocycles. The molecule has 122 valence electrons. The Kier molecular flexibility index (Phi) is 4.93. The summed E-state index contributed by atoms with van der Waals surface area (Å²) in [6, 6.07) is 16.5. The Morgan fingerprint density at radius 1 is 1.12 bits per heavy atom. The van der Waals surface area contributed by atoms with Crippen LogP contribution in [0.3, 0.4) is 0 Å². The van der Waals surface area contributed by atoms with Crippen molar-refractivity contribution in [2.24, 2.45) is 0 Å². The van der Waals surface area contributed by atoms with E-state index in [1.165, 1.54) is 6.20 Å². The Balaban J connectivity index is 1.61. The molecule has 0 spiro atoms. The molecule has 1 heterocycles. The Labute approximate surface area is 144 Å². The maximum atomic E-state index is 11.9. The number of aliphatic hydroxyl groups is 1. The van der Waals surface area contributed by atoms with Crippen molar-refractivity contribution in [1.82, 2.24) is 10.3 Å². The van der Waals surface area contributed by atoms with Crippen LogP contribution in [0.15, 0.2) is 60.8 Å². The summed E-state index contributed by atoms with van der Waals surface area (Å²) in [6.07, 6.45) is 0.735. The first-order chi connectivity index (χ1) is 11.6. The van der Waals surface area contributed by atoms with E-state index in [4.69, 9.17) is 11.6 Å². The normalized spacial score (nSPS) is 11.9. The molecule has 1 atom stereocenters. The van der Waals surface area contributed by atoms with E-state index in [-0.39, 0.29) is 11.7 Å². The molecule has 0 saturated carbocycles. The molecule has 24 heavy (non-hydrogen) atoms. The second-order valence-corrected chi connectivity index (χ2v) is 5.66. The predicted molar refractivity (Wildman–Crippen MR) is 95.2 cm³/mol. The molecule has 0 aliphatic rings. The SMILES string of the molecule is O=C(NCC(O)c1ccc2ccccc2c1)Nc1cccnc1Cl. The zero-order valence-corrected chi connectivity index (χ0v) is 13.5. The summed E-state index contributed by atoms with van der Waals surface area (Å²) in [5, 5.41) is 17.8. The van der Waals surface area contributed by atoms with E-state index >= 15 is 0 Å². The number of aromatic nitrogens is 1. The molecule has 5 nitrogen and oxygen atoms in total. The Morgan fingerprint density at radius 3 is 2.71 bits per heavy atom. The lowest BCUT2D eigenvalue weighted by Crippen LogP contribution is -2.32. The molecule has 0 saturated heterocycles. The number of pyridine rings is 1. The third-order valence-corrected chi connectivity index (χ3v) is 3.92. The molecule has 6 heteroatoms. The molecule has 2 amide bonds. The van der Waals surface area contributed by atoms with Gasteiger partial charge in [-0.05, 0) is 34.5 Å². The fourth-order valence-electron chi connectivity index (χ4n) is 2.37. The third kappa shape index (κ3) is 3.82. The Hall–Kier alpha value is -2.63. The average molecular weight is 342 g/mol. The van der Waals surface area contributed by atoms with Gasteiger partial charge in [-0.15, -0.1) is 0 Å². The van der Waals surface area contributed by atoms with Crippen LogP contribution in [-0.2, 0) is 0 Å². The first-order valence-corrected chi connectivity index (χ1v) is 7.83. The number of halogens is 1. The van der Waals surface area contributed by atoms with Gasteiger partial charge in [0.2, 0.25) is 0 Å². The molecule has 3 rings (SSSR count). The molecule has 0 fully saturated rings. The molecule has 0 radical (unpaired) electrons. The summed E-state index contributed by atoms with van der Waals surface area (Å²) in [6.45, 7) is 0.0854. The molecular formula is C18H16ClN3O2. The maximum Gasteiger partial charge on any atom is 0.319 e. The van der Waals surface area contributed by atoms with Crippen LogP contribution in [0, 0.1) is 0 Å². The maximum absolute atomic E-state index is 11.9. The summed E-state index contributed by atoms with van der Waals surface area (Å²) in [5.74, 6) is 0.